The number of fused-ring (bicyclic) bond motifs is 4. The first-order valence-corrected chi connectivity index (χ1v) is 7.76. The molecule has 1 amide bonds. The highest BCUT2D eigenvalue weighted by Gasteiger charge is 2.36. The second-order valence-electron chi connectivity index (χ2n) is 6.27. The number of piperidine rings is 1. The Kier molecular flexibility index (Phi) is 3.10. The van der Waals surface area contributed by atoms with Gasteiger partial charge in [-0.05, 0) is 30.5 Å². The van der Waals surface area contributed by atoms with Crippen molar-refractivity contribution >= 4 is 5.91 Å². The van der Waals surface area contributed by atoms with Crippen molar-refractivity contribution in [3.8, 4) is 0 Å². The van der Waals surface area contributed by atoms with Crippen LogP contribution in [0, 0.1) is 5.92 Å². The van der Waals surface area contributed by atoms with Crippen LogP contribution >= 0.6 is 0 Å². The third-order valence-corrected chi connectivity index (χ3v) is 4.79. The molecular weight excluding hydrogens is 276 g/mol. The molecule has 0 N–H and O–H groups in total. The van der Waals surface area contributed by atoms with E-state index in [1.54, 1.807) is 6.07 Å². The van der Waals surface area contributed by atoms with Crippen molar-refractivity contribution in [3.63, 3.8) is 0 Å². The summed E-state index contributed by atoms with van der Waals surface area (Å²) in [6, 6.07) is 14.9. The first-order chi connectivity index (χ1) is 10.7. The number of carbonyl (C=O) groups is 1. The van der Waals surface area contributed by atoms with Gasteiger partial charge < -0.3 is 9.47 Å². The Balaban J connectivity index is 1.64. The van der Waals surface area contributed by atoms with Crippen LogP contribution < -0.4 is 5.56 Å². The summed E-state index contributed by atoms with van der Waals surface area (Å²) in [6.07, 6.45) is 1.07. The maximum Gasteiger partial charge on any atom is 0.253 e. The highest BCUT2D eigenvalue weighted by atomic mass is 16.2. The van der Waals surface area contributed by atoms with Gasteiger partial charge in [-0.15, -0.1) is 0 Å². The van der Waals surface area contributed by atoms with E-state index in [2.05, 4.69) is 0 Å². The Hall–Kier alpha value is -2.36. The number of amides is 1. The number of rotatable bonds is 1. The summed E-state index contributed by atoms with van der Waals surface area (Å²) in [5.74, 6) is 0.745. The van der Waals surface area contributed by atoms with Gasteiger partial charge in [0.2, 0.25) is 0 Å². The number of aromatic nitrogens is 1. The third kappa shape index (κ3) is 2.15. The monoisotopic (exact) mass is 294 g/mol. The summed E-state index contributed by atoms with van der Waals surface area (Å²) in [7, 11) is 0. The first-order valence-electron chi connectivity index (χ1n) is 7.76. The number of hydrogen-bond donors (Lipinski definition) is 0. The fourth-order valence-corrected chi connectivity index (χ4v) is 3.83. The van der Waals surface area contributed by atoms with Gasteiger partial charge in [-0.3, -0.25) is 9.59 Å². The van der Waals surface area contributed by atoms with E-state index in [0.29, 0.717) is 12.5 Å². The smallest absolute Gasteiger partial charge is 0.253 e. The van der Waals surface area contributed by atoms with Crippen molar-refractivity contribution in [1.82, 2.24) is 9.47 Å². The molecule has 3 heterocycles. The van der Waals surface area contributed by atoms with Gasteiger partial charge in [-0.2, -0.15) is 0 Å². The molecule has 112 valence electrons. The zero-order valence-electron chi connectivity index (χ0n) is 12.3. The quantitative estimate of drug-likeness (QED) is 0.808. The topological polar surface area (TPSA) is 42.3 Å². The number of carbonyl (C=O) groups excluding carboxylic acids is 1. The predicted octanol–water partition coefficient (Wildman–Crippen LogP) is 2.11. The van der Waals surface area contributed by atoms with E-state index >= 15 is 0 Å². The van der Waals surface area contributed by atoms with Crippen LogP contribution in [0.3, 0.4) is 0 Å². The summed E-state index contributed by atoms with van der Waals surface area (Å²) in [4.78, 5) is 26.6. The minimum atomic E-state index is 0.0787. The molecule has 1 aromatic carbocycles. The van der Waals surface area contributed by atoms with Crippen LogP contribution in [-0.4, -0.2) is 28.5 Å². The molecule has 4 rings (SSSR count). The second kappa shape index (κ2) is 5.13. The number of nitrogens with zero attached hydrogens (tertiary/aromatic N) is 2. The molecule has 0 saturated carbocycles. The van der Waals surface area contributed by atoms with Gasteiger partial charge in [0.25, 0.3) is 11.5 Å². The first kappa shape index (κ1) is 13.3. The lowest BCUT2D eigenvalue weighted by Gasteiger charge is -2.42. The van der Waals surface area contributed by atoms with Crippen molar-refractivity contribution in [2.75, 3.05) is 13.1 Å². The maximum absolute atomic E-state index is 12.7. The fourth-order valence-electron chi connectivity index (χ4n) is 3.83. The largest absolute Gasteiger partial charge is 0.338 e. The van der Waals surface area contributed by atoms with E-state index < -0.39 is 0 Å². The fraction of sp³-hybridized carbons (Fsp3) is 0.333. The number of hydrogen-bond acceptors (Lipinski definition) is 2. The summed E-state index contributed by atoms with van der Waals surface area (Å²) in [5.41, 5.74) is 1.90. The van der Waals surface area contributed by atoms with Crippen LogP contribution in [-0.2, 0) is 6.54 Å². The molecule has 0 aliphatic carbocycles. The van der Waals surface area contributed by atoms with Crippen LogP contribution in [0.1, 0.15) is 28.4 Å². The Morgan fingerprint density at radius 1 is 0.955 bits per heavy atom. The minimum absolute atomic E-state index is 0.0787. The number of pyridine rings is 1. The van der Waals surface area contributed by atoms with E-state index in [1.165, 1.54) is 0 Å². The minimum Gasteiger partial charge on any atom is -0.338 e. The van der Waals surface area contributed by atoms with Crippen molar-refractivity contribution in [3.05, 3.63) is 70.1 Å². The zero-order valence-corrected chi connectivity index (χ0v) is 12.3. The Bertz CT molecular complexity index is 766. The predicted molar refractivity (Wildman–Crippen MR) is 83.9 cm³/mol. The Morgan fingerprint density at radius 3 is 2.59 bits per heavy atom. The molecule has 2 aliphatic heterocycles. The molecule has 1 saturated heterocycles. The second-order valence-corrected chi connectivity index (χ2v) is 6.27. The van der Waals surface area contributed by atoms with Crippen LogP contribution in [0.5, 0.6) is 0 Å². The average molecular weight is 294 g/mol. The van der Waals surface area contributed by atoms with E-state index in [9.17, 15) is 9.59 Å². The van der Waals surface area contributed by atoms with Gasteiger partial charge in [0.1, 0.15) is 0 Å². The summed E-state index contributed by atoms with van der Waals surface area (Å²) in [5, 5.41) is 0. The zero-order chi connectivity index (χ0) is 15.1. The average Bonchev–Trinajstić information content (AvgIpc) is 2.56. The van der Waals surface area contributed by atoms with E-state index in [4.69, 9.17) is 0 Å². The van der Waals surface area contributed by atoms with Gasteiger partial charge in [0.05, 0.1) is 0 Å². The molecule has 4 nitrogen and oxygen atoms in total. The Labute approximate surface area is 129 Å². The van der Waals surface area contributed by atoms with Gasteiger partial charge in [-0.1, -0.05) is 24.3 Å². The normalized spacial score (nSPS) is 23.0. The van der Waals surface area contributed by atoms with Gasteiger partial charge >= 0.3 is 0 Å². The lowest BCUT2D eigenvalue weighted by Crippen LogP contribution is -2.49. The van der Waals surface area contributed by atoms with Crippen molar-refractivity contribution in [2.45, 2.75) is 18.9 Å². The summed E-state index contributed by atoms with van der Waals surface area (Å²) < 4.78 is 1.89. The van der Waals surface area contributed by atoms with Gasteiger partial charge in [0.15, 0.2) is 0 Å². The van der Waals surface area contributed by atoms with Gasteiger partial charge in [0, 0.05) is 42.9 Å². The standard InChI is InChI=1S/C18H18N2O2/c21-17-8-4-7-16-15-9-13(11-20(16)17)10-19(12-15)18(22)14-5-2-1-3-6-14/h1-8,13,15H,9-12H2/t13-,15+/m1/s1. The summed E-state index contributed by atoms with van der Waals surface area (Å²) >= 11 is 0. The van der Waals surface area contributed by atoms with Crippen LogP contribution in [0.25, 0.3) is 0 Å². The third-order valence-electron chi connectivity index (χ3n) is 4.79. The van der Waals surface area contributed by atoms with Crippen molar-refractivity contribution < 1.29 is 4.79 Å². The van der Waals surface area contributed by atoms with Crippen LogP contribution in [0.2, 0.25) is 0 Å². The number of likely N-dealkylation sites (tertiary alicyclic amines) is 1. The molecule has 2 bridgehead atoms. The molecule has 2 atom stereocenters. The maximum atomic E-state index is 12.7. The molecule has 0 radical (unpaired) electrons. The molecular formula is C18H18N2O2. The molecule has 2 aliphatic rings. The molecule has 0 spiro atoms. The van der Waals surface area contributed by atoms with E-state index in [1.807, 2.05) is 51.9 Å². The molecule has 22 heavy (non-hydrogen) atoms. The molecule has 4 heteroatoms. The molecule has 1 fully saturated rings. The van der Waals surface area contributed by atoms with Gasteiger partial charge in [-0.25, -0.2) is 0 Å². The molecule has 0 unspecified atom stereocenters. The lowest BCUT2D eigenvalue weighted by molar-refractivity contribution is 0.0594. The van der Waals surface area contributed by atoms with Crippen LogP contribution in [0.4, 0.5) is 0 Å². The van der Waals surface area contributed by atoms with Crippen molar-refractivity contribution in [1.29, 1.82) is 0 Å². The van der Waals surface area contributed by atoms with Crippen LogP contribution in [0.15, 0.2) is 53.3 Å². The molecule has 1 aromatic heterocycles. The lowest BCUT2D eigenvalue weighted by atomic mass is 9.83. The molecule has 2 aromatic rings. The van der Waals surface area contributed by atoms with Crippen molar-refractivity contribution in [2.24, 2.45) is 5.92 Å². The van der Waals surface area contributed by atoms with E-state index in [0.717, 1.165) is 30.8 Å². The van der Waals surface area contributed by atoms with E-state index in [-0.39, 0.29) is 17.4 Å². The highest BCUT2D eigenvalue weighted by Crippen LogP contribution is 2.35. The highest BCUT2D eigenvalue weighted by molar-refractivity contribution is 5.94. The Morgan fingerprint density at radius 2 is 1.77 bits per heavy atom. The SMILES string of the molecule is O=C(c1ccccc1)N1C[C@H]2C[C@@H](C1)c1cccc(=O)n1C2. The summed E-state index contributed by atoms with van der Waals surface area (Å²) in [6.45, 7) is 2.17. The number of benzene rings is 1.